The Kier molecular flexibility index (Phi) is 2.97. The van der Waals surface area contributed by atoms with Crippen molar-refractivity contribution in [1.29, 1.82) is 0 Å². The maximum absolute atomic E-state index is 2.53. The fourth-order valence-electron chi connectivity index (χ4n) is 3.72. The second-order valence-corrected chi connectivity index (χ2v) is 6.28. The van der Waals surface area contributed by atoms with Crippen molar-refractivity contribution in [2.24, 2.45) is 0 Å². The molecule has 1 nitrogen and oxygen atoms in total. The lowest BCUT2D eigenvalue weighted by Gasteiger charge is -2.16. The molecule has 22 heavy (non-hydrogen) atoms. The SMILES string of the molecule is CCC(C)n1c2ccccc2c2c3ccccc3cc(C)c21. The number of hydrogen-bond acceptors (Lipinski definition) is 0. The summed E-state index contributed by atoms with van der Waals surface area (Å²) in [5.41, 5.74) is 4.12. The topological polar surface area (TPSA) is 4.93 Å². The van der Waals surface area contributed by atoms with E-state index in [9.17, 15) is 0 Å². The first-order valence-electron chi connectivity index (χ1n) is 8.13. The van der Waals surface area contributed by atoms with E-state index in [1.807, 2.05) is 0 Å². The fourth-order valence-corrected chi connectivity index (χ4v) is 3.72. The Morgan fingerprint density at radius 1 is 0.955 bits per heavy atom. The van der Waals surface area contributed by atoms with Crippen molar-refractivity contribution in [2.45, 2.75) is 33.2 Å². The molecule has 0 aliphatic carbocycles. The van der Waals surface area contributed by atoms with Gasteiger partial charge in [-0.15, -0.1) is 0 Å². The molecule has 0 N–H and O–H groups in total. The van der Waals surface area contributed by atoms with Gasteiger partial charge in [-0.3, -0.25) is 0 Å². The zero-order valence-corrected chi connectivity index (χ0v) is 13.4. The maximum atomic E-state index is 2.53. The molecule has 4 rings (SSSR count). The Labute approximate surface area is 131 Å². The Hall–Kier alpha value is -2.28. The van der Waals surface area contributed by atoms with E-state index in [4.69, 9.17) is 0 Å². The first kappa shape index (κ1) is 13.4. The number of nitrogens with zero attached hydrogens (tertiary/aromatic N) is 1. The van der Waals surface area contributed by atoms with E-state index in [1.165, 1.54) is 38.1 Å². The molecule has 110 valence electrons. The molecule has 3 aromatic carbocycles. The van der Waals surface area contributed by atoms with Gasteiger partial charge in [0.1, 0.15) is 0 Å². The van der Waals surface area contributed by atoms with Crippen molar-refractivity contribution in [1.82, 2.24) is 4.57 Å². The van der Waals surface area contributed by atoms with Gasteiger partial charge in [-0.25, -0.2) is 0 Å². The average molecular weight is 287 g/mol. The van der Waals surface area contributed by atoms with Crippen LogP contribution in [-0.4, -0.2) is 4.57 Å². The second-order valence-electron chi connectivity index (χ2n) is 6.28. The zero-order valence-electron chi connectivity index (χ0n) is 13.4. The van der Waals surface area contributed by atoms with Crippen molar-refractivity contribution < 1.29 is 0 Å². The van der Waals surface area contributed by atoms with E-state index < -0.39 is 0 Å². The molecule has 1 heteroatoms. The summed E-state index contributed by atoms with van der Waals surface area (Å²) in [6, 6.07) is 20.4. The lowest BCUT2D eigenvalue weighted by Crippen LogP contribution is -2.04. The van der Waals surface area contributed by atoms with Gasteiger partial charge in [0.05, 0.1) is 5.52 Å². The Balaban J connectivity index is 2.34. The smallest absolute Gasteiger partial charge is 0.0530 e. The lowest BCUT2D eigenvalue weighted by molar-refractivity contribution is 0.562. The number of hydrogen-bond donors (Lipinski definition) is 0. The van der Waals surface area contributed by atoms with Crippen molar-refractivity contribution in [3.05, 3.63) is 60.2 Å². The van der Waals surface area contributed by atoms with Crippen molar-refractivity contribution in [3.8, 4) is 0 Å². The van der Waals surface area contributed by atoms with Crippen LogP contribution in [0, 0.1) is 6.92 Å². The highest BCUT2D eigenvalue weighted by Gasteiger charge is 2.17. The minimum atomic E-state index is 0.502. The molecule has 1 heterocycles. The molecule has 0 bridgehead atoms. The Morgan fingerprint density at radius 3 is 2.41 bits per heavy atom. The predicted octanol–water partition coefficient (Wildman–Crippen LogP) is 6.23. The largest absolute Gasteiger partial charge is 0.337 e. The summed E-state index contributed by atoms with van der Waals surface area (Å²) in [7, 11) is 0. The van der Waals surface area contributed by atoms with Crippen molar-refractivity contribution in [2.75, 3.05) is 0 Å². The van der Waals surface area contributed by atoms with Gasteiger partial charge >= 0.3 is 0 Å². The first-order valence-corrected chi connectivity index (χ1v) is 8.13. The van der Waals surface area contributed by atoms with Crippen LogP contribution in [-0.2, 0) is 0 Å². The minimum Gasteiger partial charge on any atom is -0.337 e. The third-order valence-electron chi connectivity index (χ3n) is 4.92. The summed E-state index contributed by atoms with van der Waals surface area (Å²) < 4.78 is 2.53. The standard InChI is InChI=1S/C21H21N/c1-4-15(3)22-19-12-8-7-11-18(19)20-17-10-6-5-9-16(17)13-14(2)21(20)22/h5-13,15H,4H2,1-3H3. The van der Waals surface area contributed by atoms with Crippen LogP contribution in [0.4, 0.5) is 0 Å². The van der Waals surface area contributed by atoms with E-state index in [0.717, 1.165) is 6.42 Å². The van der Waals surface area contributed by atoms with E-state index in [1.54, 1.807) is 0 Å². The van der Waals surface area contributed by atoms with E-state index in [-0.39, 0.29) is 0 Å². The van der Waals surface area contributed by atoms with E-state index in [2.05, 4.69) is 79.9 Å². The molecule has 1 unspecified atom stereocenters. The van der Waals surface area contributed by atoms with Gasteiger partial charge in [-0.05, 0) is 48.7 Å². The fraction of sp³-hybridized carbons (Fsp3) is 0.238. The summed E-state index contributed by atoms with van der Waals surface area (Å²) in [5, 5.41) is 5.48. The molecule has 0 amide bonds. The van der Waals surface area contributed by atoms with Gasteiger partial charge in [0.2, 0.25) is 0 Å². The van der Waals surface area contributed by atoms with Gasteiger partial charge in [0, 0.05) is 22.3 Å². The molecule has 0 aliphatic rings. The number of fused-ring (bicyclic) bond motifs is 5. The number of para-hydroxylation sites is 1. The summed E-state index contributed by atoms with van der Waals surface area (Å²) >= 11 is 0. The van der Waals surface area contributed by atoms with Crippen LogP contribution in [0.15, 0.2) is 54.6 Å². The maximum Gasteiger partial charge on any atom is 0.0530 e. The molecule has 1 aromatic heterocycles. The van der Waals surface area contributed by atoms with Crippen LogP contribution in [0.2, 0.25) is 0 Å². The summed E-state index contributed by atoms with van der Waals surface area (Å²) in [6.07, 6.45) is 1.14. The van der Waals surface area contributed by atoms with Crippen LogP contribution in [0.3, 0.4) is 0 Å². The lowest BCUT2D eigenvalue weighted by atomic mass is 10.0. The second kappa shape index (κ2) is 4.88. The van der Waals surface area contributed by atoms with E-state index in [0.29, 0.717) is 6.04 Å². The number of aryl methyl sites for hydroxylation is 1. The molecule has 0 spiro atoms. The van der Waals surface area contributed by atoms with Crippen LogP contribution in [0.1, 0.15) is 31.9 Å². The Morgan fingerprint density at radius 2 is 1.64 bits per heavy atom. The quantitative estimate of drug-likeness (QED) is 0.412. The molecular weight excluding hydrogens is 266 g/mol. The molecule has 1 atom stereocenters. The van der Waals surface area contributed by atoms with Gasteiger partial charge in [0.25, 0.3) is 0 Å². The number of benzene rings is 3. The van der Waals surface area contributed by atoms with Gasteiger partial charge < -0.3 is 4.57 Å². The highest BCUT2D eigenvalue weighted by atomic mass is 15.0. The summed E-state index contributed by atoms with van der Waals surface area (Å²) in [6.45, 7) is 6.83. The normalized spacial score (nSPS) is 13.2. The van der Waals surface area contributed by atoms with Gasteiger partial charge in [-0.1, -0.05) is 49.4 Å². The van der Waals surface area contributed by atoms with Crippen molar-refractivity contribution >= 4 is 32.6 Å². The van der Waals surface area contributed by atoms with Crippen LogP contribution in [0.25, 0.3) is 32.6 Å². The molecule has 4 aromatic rings. The minimum absolute atomic E-state index is 0.502. The van der Waals surface area contributed by atoms with Crippen LogP contribution in [0.5, 0.6) is 0 Å². The average Bonchev–Trinajstić information content (AvgIpc) is 2.90. The predicted molar refractivity (Wildman–Crippen MR) is 96.7 cm³/mol. The Bertz CT molecular complexity index is 991. The summed E-state index contributed by atoms with van der Waals surface area (Å²) in [4.78, 5) is 0. The first-order chi connectivity index (χ1) is 10.7. The molecule has 0 saturated heterocycles. The van der Waals surface area contributed by atoms with Crippen LogP contribution < -0.4 is 0 Å². The van der Waals surface area contributed by atoms with E-state index >= 15 is 0 Å². The van der Waals surface area contributed by atoms with Gasteiger partial charge in [0.15, 0.2) is 0 Å². The highest BCUT2D eigenvalue weighted by Crippen LogP contribution is 2.38. The zero-order chi connectivity index (χ0) is 15.3. The molecular formula is C21H21N. The number of rotatable bonds is 2. The highest BCUT2D eigenvalue weighted by molar-refractivity contribution is 6.21. The molecule has 0 saturated carbocycles. The van der Waals surface area contributed by atoms with Gasteiger partial charge in [-0.2, -0.15) is 0 Å². The molecule has 0 radical (unpaired) electrons. The monoisotopic (exact) mass is 287 g/mol. The third kappa shape index (κ3) is 1.72. The molecule has 0 aliphatic heterocycles. The summed E-state index contributed by atoms with van der Waals surface area (Å²) in [5.74, 6) is 0. The van der Waals surface area contributed by atoms with Crippen LogP contribution >= 0.6 is 0 Å². The third-order valence-corrected chi connectivity index (χ3v) is 4.92. The molecule has 0 fully saturated rings. The number of aromatic nitrogens is 1. The van der Waals surface area contributed by atoms with Crippen molar-refractivity contribution in [3.63, 3.8) is 0 Å².